The molecule has 7 heteroatoms. The van der Waals surface area contributed by atoms with E-state index >= 15 is 0 Å². The molecular weight excluding hydrogens is 313 g/mol. The van der Waals surface area contributed by atoms with Crippen LogP contribution in [0.5, 0.6) is 0 Å². The highest BCUT2D eigenvalue weighted by Crippen LogP contribution is 2.27. The monoisotopic (exact) mass is 321 g/mol. The van der Waals surface area contributed by atoms with E-state index in [1.165, 1.54) is 36.4 Å². The highest BCUT2D eigenvalue weighted by molar-refractivity contribution is 6.32. The number of hydrogen-bond acceptors (Lipinski definition) is 3. The third-order valence-electron chi connectivity index (χ3n) is 2.86. The van der Waals surface area contributed by atoms with Gasteiger partial charge in [-0.15, -0.1) is 0 Å². The number of carbonyl (C=O) groups is 1. The number of nitro benzene ring substituents is 1. The van der Waals surface area contributed by atoms with E-state index in [9.17, 15) is 24.4 Å². The van der Waals surface area contributed by atoms with E-state index in [1.807, 2.05) is 0 Å². The van der Waals surface area contributed by atoms with Gasteiger partial charge >= 0.3 is 5.97 Å². The summed E-state index contributed by atoms with van der Waals surface area (Å²) in [5.74, 6) is -1.72. The molecule has 1 N–H and O–H groups in total. The van der Waals surface area contributed by atoms with Crippen molar-refractivity contribution in [2.45, 2.75) is 0 Å². The first-order valence-corrected chi connectivity index (χ1v) is 6.41. The summed E-state index contributed by atoms with van der Waals surface area (Å²) in [6.07, 6.45) is 1.26. The smallest absolute Gasteiger partial charge is 0.336 e. The van der Waals surface area contributed by atoms with E-state index in [0.717, 1.165) is 12.1 Å². The number of halogens is 2. The second-order valence-corrected chi connectivity index (χ2v) is 4.75. The van der Waals surface area contributed by atoms with E-state index in [4.69, 9.17) is 11.6 Å². The first-order chi connectivity index (χ1) is 10.4. The minimum atomic E-state index is -1.23. The maximum absolute atomic E-state index is 12.9. The van der Waals surface area contributed by atoms with Gasteiger partial charge in [0.25, 0.3) is 5.69 Å². The molecule has 0 amide bonds. The lowest BCUT2D eigenvalue weighted by atomic mass is 10.0. The fraction of sp³-hybridized carbons (Fsp3) is 0. The predicted molar refractivity (Wildman–Crippen MR) is 80.0 cm³/mol. The first kappa shape index (κ1) is 15.7. The van der Waals surface area contributed by atoms with Gasteiger partial charge in [-0.05, 0) is 35.4 Å². The van der Waals surface area contributed by atoms with Crippen LogP contribution in [0.15, 0.2) is 42.5 Å². The fourth-order valence-corrected chi connectivity index (χ4v) is 2.01. The number of carboxylic acids is 1. The quantitative estimate of drug-likeness (QED) is 0.399. The summed E-state index contributed by atoms with van der Waals surface area (Å²) in [6.45, 7) is 0. The van der Waals surface area contributed by atoms with Gasteiger partial charge in [0.15, 0.2) is 0 Å². The highest BCUT2D eigenvalue weighted by atomic mass is 35.5. The van der Waals surface area contributed by atoms with Crippen LogP contribution < -0.4 is 0 Å². The molecule has 0 saturated carbocycles. The maximum Gasteiger partial charge on any atom is 0.336 e. The summed E-state index contributed by atoms with van der Waals surface area (Å²) in [5, 5.41) is 20.1. The molecule has 0 fully saturated rings. The molecule has 2 rings (SSSR count). The van der Waals surface area contributed by atoms with Crippen LogP contribution in [-0.2, 0) is 4.79 Å². The van der Waals surface area contributed by atoms with Crippen LogP contribution in [0.25, 0.3) is 11.6 Å². The summed E-state index contributed by atoms with van der Waals surface area (Å²) in [6, 6.07) is 8.86. The summed E-state index contributed by atoms with van der Waals surface area (Å²) < 4.78 is 12.9. The molecule has 2 aromatic rings. The number of nitrogens with zero attached hydrogens (tertiary/aromatic N) is 1. The van der Waals surface area contributed by atoms with Crippen LogP contribution in [0.3, 0.4) is 0 Å². The van der Waals surface area contributed by atoms with Crippen LogP contribution in [0, 0.1) is 15.9 Å². The summed E-state index contributed by atoms with van der Waals surface area (Å²) in [4.78, 5) is 21.5. The van der Waals surface area contributed by atoms with Crippen molar-refractivity contribution in [2.75, 3.05) is 0 Å². The maximum atomic E-state index is 12.9. The van der Waals surface area contributed by atoms with Gasteiger partial charge in [0, 0.05) is 6.07 Å². The second-order valence-electron chi connectivity index (χ2n) is 4.34. The lowest BCUT2D eigenvalue weighted by Crippen LogP contribution is -2.00. The minimum Gasteiger partial charge on any atom is -0.478 e. The molecule has 0 spiro atoms. The Labute approximate surface area is 129 Å². The van der Waals surface area contributed by atoms with Gasteiger partial charge in [0.1, 0.15) is 10.8 Å². The molecular formula is C15H9ClFNO4. The lowest BCUT2D eigenvalue weighted by molar-refractivity contribution is -0.384. The van der Waals surface area contributed by atoms with E-state index in [2.05, 4.69) is 0 Å². The van der Waals surface area contributed by atoms with Crippen molar-refractivity contribution in [1.29, 1.82) is 0 Å². The number of aliphatic carboxylic acids is 1. The van der Waals surface area contributed by atoms with E-state index in [1.54, 1.807) is 0 Å². The molecule has 0 aliphatic heterocycles. The highest BCUT2D eigenvalue weighted by Gasteiger charge is 2.15. The van der Waals surface area contributed by atoms with Crippen LogP contribution >= 0.6 is 11.6 Å². The second kappa shape index (κ2) is 6.36. The Hall–Kier alpha value is -2.73. The standard InChI is InChI=1S/C15H9ClFNO4/c16-13-6-1-9(8-14(13)18(21)22)7-12(15(19)20)10-2-4-11(17)5-3-10/h1-8H,(H,19,20)/b12-7-. The normalized spacial score (nSPS) is 11.3. The molecule has 0 unspecified atom stereocenters. The van der Waals surface area contributed by atoms with Crippen LogP contribution in [-0.4, -0.2) is 16.0 Å². The van der Waals surface area contributed by atoms with Crippen LogP contribution in [0.2, 0.25) is 5.02 Å². The number of rotatable bonds is 4. The summed E-state index contributed by atoms with van der Waals surface area (Å²) in [5.41, 5.74) is 0.153. The Morgan fingerprint density at radius 1 is 1.23 bits per heavy atom. The average molecular weight is 322 g/mol. The largest absolute Gasteiger partial charge is 0.478 e. The van der Waals surface area contributed by atoms with Crippen molar-refractivity contribution in [1.82, 2.24) is 0 Å². The van der Waals surface area contributed by atoms with Crippen molar-refractivity contribution in [3.05, 3.63) is 74.5 Å². The molecule has 22 heavy (non-hydrogen) atoms. The molecule has 0 aliphatic rings. The Bertz CT molecular complexity index is 772. The van der Waals surface area contributed by atoms with Crippen molar-refractivity contribution in [3.63, 3.8) is 0 Å². The summed E-state index contributed by atoms with van der Waals surface area (Å²) >= 11 is 5.70. The van der Waals surface area contributed by atoms with Crippen molar-refractivity contribution in [2.24, 2.45) is 0 Å². The van der Waals surface area contributed by atoms with E-state index in [0.29, 0.717) is 5.56 Å². The molecule has 0 heterocycles. The van der Waals surface area contributed by atoms with Gasteiger partial charge in [-0.3, -0.25) is 10.1 Å². The van der Waals surface area contributed by atoms with Crippen LogP contribution in [0.1, 0.15) is 11.1 Å². The van der Waals surface area contributed by atoms with Gasteiger partial charge in [-0.1, -0.05) is 29.8 Å². The zero-order chi connectivity index (χ0) is 16.3. The Balaban J connectivity index is 2.51. The van der Waals surface area contributed by atoms with Gasteiger partial charge in [0.2, 0.25) is 0 Å². The summed E-state index contributed by atoms with van der Waals surface area (Å²) in [7, 11) is 0. The van der Waals surface area contributed by atoms with Crippen LogP contribution in [0.4, 0.5) is 10.1 Å². The lowest BCUT2D eigenvalue weighted by Gasteiger charge is -2.04. The fourth-order valence-electron chi connectivity index (χ4n) is 1.82. The van der Waals surface area contributed by atoms with Gasteiger partial charge in [0.05, 0.1) is 10.5 Å². The number of nitro groups is 1. The topological polar surface area (TPSA) is 80.4 Å². The molecule has 5 nitrogen and oxygen atoms in total. The molecule has 112 valence electrons. The van der Waals surface area contributed by atoms with Gasteiger partial charge in [-0.2, -0.15) is 0 Å². The zero-order valence-corrected chi connectivity index (χ0v) is 11.7. The van der Waals surface area contributed by atoms with E-state index in [-0.39, 0.29) is 21.8 Å². The number of benzene rings is 2. The van der Waals surface area contributed by atoms with Crippen molar-refractivity contribution < 1.29 is 19.2 Å². The first-order valence-electron chi connectivity index (χ1n) is 6.03. The molecule has 2 aromatic carbocycles. The third-order valence-corrected chi connectivity index (χ3v) is 3.18. The Morgan fingerprint density at radius 3 is 2.41 bits per heavy atom. The Morgan fingerprint density at radius 2 is 1.86 bits per heavy atom. The number of hydrogen-bond donors (Lipinski definition) is 1. The zero-order valence-electron chi connectivity index (χ0n) is 11.0. The molecule has 0 bridgehead atoms. The van der Waals surface area contributed by atoms with Crippen molar-refractivity contribution >= 4 is 34.9 Å². The molecule has 0 aliphatic carbocycles. The minimum absolute atomic E-state index is 0.0409. The van der Waals surface area contributed by atoms with Gasteiger partial charge in [-0.25, -0.2) is 9.18 Å². The van der Waals surface area contributed by atoms with E-state index < -0.39 is 16.7 Å². The molecule has 0 radical (unpaired) electrons. The third kappa shape index (κ3) is 3.48. The molecule has 0 aromatic heterocycles. The average Bonchev–Trinajstić information content (AvgIpc) is 2.47. The molecule has 0 saturated heterocycles. The molecule has 0 atom stereocenters. The predicted octanol–water partition coefficient (Wildman–Crippen LogP) is 4.01. The SMILES string of the molecule is O=C(O)/C(=C\c1ccc(Cl)c([N+](=O)[O-])c1)c1ccc(F)cc1. The van der Waals surface area contributed by atoms with Crippen molar-refractivity contribution in [3.8, 4) is 0 Å². The number of carboxylic acid groups (broad SMARTS) is 1. The van der Waals surface area contributed by atoms with Gasteiger partial charge < -0.3 is 5.11 Å². The Kier molecular flexibility index (Phi) is 4.53.